The van der Waals surface area contributed by atoms with Crippen molar-refractivity contribution in [2.75, 3.05) is 12.9 Å². The van der Waals surface area contributed by atoms with Crippen molar-refractivity contribution in [2.45, 2.75) is 32.6 Å². The minimum atomic E-state index is -0.525. The molecule has 0 aromatic heterocycles. The highest BCUT2D eigenvalue weighted by Crippen LogP contribution is 2.43. The quantitative estimate of drug-likeness (QED) is 0.726. The molecule has 0 saturated carbocycles. The Kier molecular flexibility index (Phi) is 6.98. The molecule has 1 aliphatic rings. The number of carbonyl (C=O) groups is 1. The maximum atomic E-state index is 12.7. The van der Waals surface area contributed by atoms with E-state index in [9.17, 15) is 10.1 Å². The molecule has 0 unspecified atom stereocenters. The minimum Gasteiger partial charge on any atom is -0.463 e. The first-order valence-electron chi connectivity index (χ1n) is 8.18. The molecule has 2 rings (SSSR count). The van der Waals surface area contributed by atoms with Crippen LogP contribution in [0.4, 0.5) is 0 Å². The third-order valence-corrected chi connectivity index (χ3v) is 5.02. The first kappa shape index (κ1) is 19.4. The van der Waals surface area contributed by atoms with Gasteiger partial charge in [0.2, 0.25) is 0 Å². The highest BCUT2D eigenvalue weighted by molar-refractivity contribution is 8.02. The summed E-state index contributed by atoms with van der Waals surface area (Å²) in [4.78, 5) is 12.7. The number of nitrogens with one attached hydrogen (secondary N) is 1. The summed E-state index contributed by atoms with van der Waals surface area (Å²) >= 11 is 7.86. The Bertz CT molecular complexity index is 765. The molecule has 0 aliphatic carbocycles. The molecule has 1 aliphatic heterocycles. The van der Waals surface area contributed by atoms with E-state index in [0.29, 0.717) is 22.6 Å². The number of rotatable bonds is 6. The molecular weight excluding hydrogens is 356 g/mol. The van der Waals surface area contributed by atoms with Crippen LogP contribution >= 0.6 is 23.4 Å². The van der Waals surface area contributed by atoms with E-state index in [1.807, 2.05) is 31.4 Å². The maximum Gasteiger partial charge on any atom is 0.336 e. The molecule has 1 aromatic rings. The summed E-state index contributed by atoms with van der Waals surface area (Å²) in [6.07, 6.45) is 3.46. The smallest absolute Gasteiger partial charge is 0.336 e. The van der Waals surface area contributed by atoms with E-state index in [4.69, 9.17) is 16.3 Å². The van der Waals surface area contributed by atoms with Gasteiger partial charge in [-0.3, -0.25) is 0 Å². The zero-order valence-electron chi connectivity index (χ0n) is 14.6. The standard InChI is InChI=1S/C19H21ClN2O2S/c1-4-8-15-17(19(23)24-5-2)16(12-9-6-7-10-14(12)20)13(11-21)18(22-15)25-3/h6-7,9-10,16,22H,4-5,8H2,1-3H3/t16-/m1/s1. The van der Waals surface area contributed by atoms with E-state index in [-0.39, 0.29) is 6.61 Å². The molecule has 0 fully saturated rings. The van der Waals surface area contributed by atoms with Crippen LogP contribution in [0.1, 0.15) is 38.2 Å². The maximum absolute atomic E-state index is 12.7. The van der Waals surface area contributed by atoms with Crippen molar-refractivity contribution in [3.8, 4) is 6.07 Å². The van der Waals surface area contributed by atoms with Crippen molar-refractivity contribution in [3.63, 3.8) is 0 Å². The molecule has 0 bridgehead atoms. The van der Waals surface area contributed by atoms with E-state index >= 15 is 0 Å². The van der Waals surface area contributed by atoms with Crippen molar-refractivity contribution in [1.29, 1.82) is 5.26 Å². The first-order chi connectivity index (χ1) is 12.1. The van der Waals surface area contributed by atoms with Gasteiger partial charge >= 0.3 is 5.97 Å². The second kappa shape index (κ2) is 8.98. The van der Waals surface area contributed by atoms with E-state index in [0.717, 1.165) is 22.7 Å². The zero-order chi connectivity index (χ0) is 18.4. The van der Waals surface area contributed by atoms with Gasteiger partial charge in [-0.1, -0.05) is 43.1 Å². The van der Waals surface area contributed by atoms with Gasteiger partial charge in [0.25, 0.3) is 0 Å². The predicted molar refractivity (Wildman–Crippen MR) is 102 cm³/mol. The third-order valence-electron chi connectivity index (χ3n) is 3.95. The van der Waals surface area contributed by atoms with E-state index < -0.39 is 11.9 Å². The van der Waals surface area contributed by atoms with Crippen LogP contribution in [0.2, 0.25) is 5.02 Å². The van der Waals surface area contributed by atoms with Gasteiger partial charge in [-0.15, -0.1) is 11.8 Å². The summed E-state index contributed by atoms with van der Waals surface area (Å²) in [5.74, 6) is -0.931. The van der Waals surface area contributed by atoms with Crippen LogP contribution in [0.25, 0.3) is 0 Å². The largest absolute Gasteiger partial charge is 0.463 e. The van der Waals surface area contributed by atoms with Gasteiger partial charge in [-0.2, -0.15) is 5.26 Å². The zero-order valence-corrected chi connectivity index (χ0v) is 16.1. The number of dihydropyridines is 1. The molecular formula is C19H21ClN2O2S. The first-order valence-corrected chi connectivity index (χ1v) is 9.79. The lowest BCUT2D eigenvalue weighted by Crippen LogP contribution is -2.30. The van der Waals surface area contributed by atoms with Gasteiger partial charge in [0.05, 0.1) is 34.8 Å². The topological polar surface area (TPSA) is 62.1 Å². The van der Waals surface area contributed by atoms with E-state index in [1.165, 1.54) is 11.8 Å². The summed E-state index contributed by atoms with van der Waals surface area (Å²) in [5.41, 5.74) is 2.51. The normalized spacial score (nSPS) is 17.2. The molecule has 0 radical (unpaired) electrons. The van der Waals surface area contributed by atoms with Crippen LogP contribution < -0.4 is 5.32 Å². The summed E-state index contributed by atoms with van der Waals surface area (Å²) in [6, 6.07) is 9.59. The second-order valence-electron chi connectivity index (χ2n) is 5.50. The van der Waals surface area contributed by atoms with Gasteiger partial charge < -0.3 is 10.1 Å². The Morgan fingerprint density at radius 2 is 2.12 bits per heavy atom. The lowest BCUT2D eigenvalue weighted by atomic mass is 9.81. The Labute approximate surface area is 157 Å². The van der Waals surface area contributed by atoms with Crippen LogP contribution in [-0.4, -0.2) is 18.8 Å². The lowest BCUT2D eigenvalue weighted by molar-refractivity contribution is -0.138. The predicted octanol–water partition coefficient (Wildman–Crippen LogP) is 4.74. The van der Waals surface area contributed by atoms with Gasteiger partial charge in [-0.25, -0.2) is 4.79 Å². The molecule has 4 nitrogen and oxygen atoms in total. The molecule has 132 valence electrons. The summed E-state index contributed by atoms with van der Waals surface area (Å²) in [5, 5.41) is 14.3. The van der Waals surface area contributed by atoms with Crippen molar-refractivity contribution < 1.29 is 9.53 Å². The number of allylic oxidation sites excluding steroid dienone is 2. The summed E-state index contributed by atoms with van der Waals surface area (Å²) in [7, 11) is 0. The Balaban J connectivity index is 2.72. The van der Waals surface area contributed by atoms with E-state index in [2.05, 4.69) is 11.4 Å². The Morgan fingerprint density at radius 1 is 1.40 bits per heavy atom. The van der Waals surface area contributed by atoms with Gasteiger partial charge in [0.15, 0.2) is 0 Å². The molecule has 0 spiro atoms. The molecule has 1 aromatic carbocycles. The summed E-state index contributed by atoms with van der Waals surface area (Å²) < 4.78 is 5.29. The van der Waals surface area contributed by atoms with Crippen LogP contribution in [0.15, 0.2) is 46.1 Å². The van der Waals surface area contributed by atoms with Crippen molar-refractivity contribution in [3.05, 3.63) is 56.7 Å². The number of carbonyl (C=O) groups excluding carboxylic acids is 1. The van der Waals surface area contributed by atoms with Crippen LogP contribution in [0.3, 0.4) is 0 Å². The molecule has 1 atom stereocenters. The van der Waals surface area contributed by atoms with Crippen molar-refractivity contribution in [1.82, 2.24) is 5.32 Å². The van der Waals surface area contributed by atoms with Crippen LogP contribution in [-0.2, 0) is 9.53 Å². The summed E-state index contributed by atoms with van der Waals surface area (Å²) in [6.45, 7) is 4.09. The van der Waals surface area contributed by atoms with Crippen LogP contribution in [0, 0.1) is 11.3 Å². The highest BCUT2D eigenvalue weighted by Gasteiger charge is 2.36. The molecule has 6 heteroatoms. The number of hydrogen-bond donors (Lipinski definition) is 1. The number of halogens is 1. The molecule has 1 N–H and O–H groups in total. The molecule has 25 heavy (non-hydrogen) atoms. The number of esters is 1. The van der Waals surface area contributed by atoms with Gasteiger partial charge in [0, 0.05) is 10.7 Å². The van der Waals surface area contributed by atoms with Gasteiger partial charge in [-0.05, 0) is 31.2 Å². The fourth-order valence-electron chi connectivity index (χ4n) is 2.91. The molecule has 0 amide bonds. The number of thioether (sulfide) groups is 1. The highest BCUT2D eigenvalue weighted by atomic mass is 35.5. The van der Waals surface area contributed by atoms with Gasteiger partial charge in [0.1, 0.15) is 0 Å². The number of hydrogen-bond acceptors (Lipinski definition) is 5. The average molecular weight is 377 g/mol. The lowest BCUT2D eigenvalue weighted by Gasteiger charge is -2.30. The molecule has 0 saturated heterocycles. The van der Waals surface area contributed by atoms with Crippen molar-refractivity contribution >= 4 is 29.3 Å². The Hall–Kier alpha value is -1.90. The minimum absolute atomic E-state index is 0.276. The average Bonchev–Trinajstić information content (AvgIpc) is 2.61. The number of ether oxygens (including phenoxy) is 1. The molecule has 1 heterocycles. The fraction of sp³-hybridized carbons (Fsp3) is 0.368. The Morgan fingerprint density at radius 3 is 2.68 bits per heavy atom. The number of nitriles is 1. The fourth-order valence-corrected chi connectivity index (χ4v) is 3.77. The van der Waals surface area contributed by atoms with E-state index in [1.54, 1.807) is 13.0 Å². The monoisotopic (exact) mass is 376 g/mol. The SMILES string of the molecule is CCCC1=C(C(=O)OCC)[C@H](c2ccccc2Cl)C(C#N)=C(SC)N1. The number of benzene rings is 1. The third kappa shape index (κ3) is 4.02. The second-order valence-corrected chi connectivity index (χ2v) is 6.72. The van der Waals surface area contributed by atoms with Crippen LogP contribution in [0.5, 0.6) is 0 Å². The van der Waals surface area contributed by atoms with Crippen molar-refractivity contribution in [2.24, 2.45) is 0 Å². The number of nitrogens with zero attached hydrogens (tertiary/aromatic N) is 1.